The van der Waals surface area contributed by atoms with Gasteiger partial charge in [0.25, 0.3) is 11.8 Å². The van der Waals surface area contributed by atoms with Crippen molar-refractivity contribution < 1.29 is 24.2 Å². The lowest BCUT2D eigenvalue weighted by atomic mass is 10.0. The van der Waals surface area contributed by atoms with Gasteiger partial charge in [-0.05, 0) is 54.8 Å². The quantitative estimate of drug-likeness (QED) is 0.605. The first-order chi connectivity index (χ1) is 16.5. The Kier molecular flexibility index (Phi) is 5.93. The molecule has 5 rings (SSSR count). The lowest BCUT2D eigenvalue weighted by molar-refractivity contribution is -0.123. The summed E-state index contributed by atoms with van der Waals surface area (Å²) in [6, 6.07) is 11.0. The molecule has 1 atom stereocenters. The van der Waals surface area contributed by atoms with Gasteiger partial charge in [-0.15, -0.1) is 0 Å². The van der Waals surface area contributed by atoms with Crippen molar-refractivity contribution in [3.05, 3.63) is 59.9 Å². The fraction of sp³-hybridized carbons (Fsp3) is 0.320. The van der Waals surface area contributed by atoms with Crippen molar-refractivity contribution in [1.82, 2.24) is 19.8 Å². The van der Waals surface area contributed by atoms with Crippen LogP contribution in [0.15, 0.2) is 48.8 Å². The van der Waals surface area contributed by atoms with Crippen LogP contribution in [0.4, 0.5) is 0 Å². The highest BCUT2D eigenvalue weighted by atomic mass is 16.5. The van der Waals surface area contributed by atoms with Crippen LogP contribution in [0.25, 0.3) is 17.1 Å². The minimum absolute atomic E-state index is 0.144. The van der Waals surface area contributed by atoms with Gasteiger partial charge in [-0.2, -0.15) is 0 Å². The SMILES string of the molecule is COc1ccc2cc1OCC(=O)NCc1cc(C(=O)N3CCCC(O)C3)cc(c1)-n1ccnc1-2. The standard InChI is InChI=1S/C25H26N4O5/c1-33-21-5-4-17-12-22(21)34-15-23(31)27-13-16-9-18(25(32)28-7-2-3-20(30)14-28)11-19(10-16)29-8-6-26-24(17)29/h4-6,8-12,20,30H,2-3,7,13-15H2,1H3,(H,27,31). The van der Waals surface area contributed by atoms with Gasteiger partial charge in [0.1, 0.15) is 5.82 Å². The minimum Gasteiger partial charge on any atom is -0.493 e. The number of rotatable bonds is 2. The van der Waals surface area contributed by atoms with Gasteiger partial charge in [0.15, 0.2) is 18.1 Å². The molecule has 2 aliphatic heterocycles. The molecule has 0 saturated carbocycles. The normalized spacial score (nSPS) is 17.9. The highest BCUT2D eigenvalue weighted by Gasteiger charge is 2.24. The van der Waals surface area contributed by atoms with Crippen LogP contribution in [0.5, 0.6) is 11.5 Å². The Morgan fingerprint density at radius 3 is 2.97 bits per heavy atom. The first kappa shape index (κ1) is 22.0. The zero-order valence-electron chi connectivity index (χ0n) is 18.9. The maximum absolute atomic E-state index is 13.3. The summed E-state index contributed by atoms with van der Waals surface area (Å²) in [6.45, 7) is 0.981. The molecule has 0 aliphatic carbocycles. The molecule has 1 unspecified atom stereocenters. The number of amides is 2. The summed E-state index contributed by atoms with van der Waals surface area (Å²) in [5.74, 6) is 1.18. The maximum Gasteiger partial charge on any atom is 0.258 e. The number of hydrogen-bond donors (Lipinski definition) is 2. The number of nitrogens with zero attached hydrogens (tertiary/aromatic N) is 3. The average Bonchev–Trinajstić information content (AvgIpc) is 3.35. The van der Waals surface area contributed by atoms with E-state index in [0.717, 1.165) is 23.2 Å². The number of likely N-dealkylation sites (tertiary alicyclic amines) is 1. The Bertz CT molecular complexity index is 1240. The van der Waals surface area contributed by atoms with Crippen molar-refractivity contribution in [2.75, 3.05) is 26.8 Å². The Balaban J connectivity index is 1.61. The Morgan fingerprint density at radius 1 is 1.26 bits per heavy atom. The van der Waals surface area contributed by atoms with Crippen molar-refractivity contribution in [1.29, 1.82) is 0 Å². The minimum atomic E-state index is -0.509. The molecule has 1 aromatic heterocycles. The van der Waals surface area contributed by atoms with Crippen LogP contribution < -0.4 is 14.8 Å². The summed E-state index contributed by atoms with van der Waals surface area (Å²) < 4.78 is 13.0. The van der Waals surface area contributed by atoms with Crippen molar-refractivity contribution in [2.45, 2.75) is 25.5 Å². The second kappa shape index (κ2) is 9.18. The summed E-state index contributed by atoms with van der Waals surface area (Å²) in [4.78, 5) is 32.0. The maximum atomic E-state index is 13.3. The molecule has 34 heavy (non-hydrogen) atoms. The number of methoxy groups -OCH3 is 1. The molecule has 2 aliphatic rings. The van der Waals surface area contributed by atoms with E-state index >= 15 is 0 Å². The summed E-state index contributed by atoms with van der Waals surface area (Å²) >= 11 is 0. The van der Waals surface area contributed by atoms with Gasteiger partial charge in [0, 0.05) is 48.8 Å². The third-order valence-corrected chi connectivity index (χ3v) is 6.10. The number of carbonyl (C=O) groups is 2. The van der Waals surface area contributed by atoms with Gasteiger partial charge < -0.3 is 24.8 Å². The molecular weight excluding hydrogens is 436 g/mol. The third-order valence-electron chi connectivity index (χ3n) is 6.10. The zero-order chi connectivity index (χ0) is 23.7. The van der Waals surface area contributed by atoms with Gasteiger partial charge in [0.2, 0.25) is 0 Å². The molecule has 1 saturated heterocycles. The number of piperidine rings is 1. The molecule has 176 valence electrons. The number of hydrogen-bond acceptors (Lipinski definition) is 6. The van der Waals surface area contributed by atoms with Crippen molar-refractivity contribution in [3.8, 4) is 28.6 Å². The second-order valence-electron chi connectivity index (χ2n) is 8.49. The van der Waals surface area contributed by atoms with Gasteiger partial charge >= 0.3 is 0 Å². The monoisotopic (exact) mass is 462 g/mol. The molecule has 9 nitrogen and oxygen atoms in total. The smallest absolute Gasteiger partial charge is 0.258 e. The topological polar surface area (TPSA) is 106 Å². The molecule has 2 aromatic carbocycles. The van der Waals surface area contributed by atoms with Crippen LogP contribution in [-0.2, 0) is 11.3 Å². The first-order valence-corrected chi connectivity index (χ1v) is 11.2. The number of β-amino-alcohol motifs (C(OH)–C–C–N with tert-alkyl or cyclic N) is 1. The highest BCUT2D eigenvalue weighted by molar-refractivity contribution is 5.95. The number of imidazole rings is 1. The van der Waals surface area contributed by atoms with Crippen LogP contribution in [0.3, 0.4) is 0 Å². The number of carbonyl (C=O) groups excluding carboxylic acids is 2. The van der Waals surface area contributed by atoms with E-state index in [1.807, 2.05) is 29.0 Å². The van der Waals surface area contributed by atoms with Gasteiger partial charge in [-0.3, -0.25) is 14.2 Å². The van der Waals surface area contributed by atoms with E-state index in [0.29, 0.717) is 42.4 Å². The van der Waals surface area contributed by atoms with Gasteiger partial charge in [-0.1, -0.05) is 0 Å². The van der Waals surface area contributed by atoms with Crippen molar-refractivity contribution in [2.24, 2.45) is 0 Å². The lowest BCUT2D eigenvalue weighted by Gasteiger charge is -2.30. The number of fused-ring (bicyclic) bond motifs is 7. The summed E-state index contributed by atoms with van der Waals surface area (Å²) in [7, 11) is 1.54. The van der Waals surface area contributed by atoms with E-state index in [-0.39, 0.29) is 25.0 Å². The zero-order valence-corrected chi connectivity index (χ0v) is 18.9. The van der Waals surface area contributed by atoms with Gasteiger partial charge in [0.05, 0.1) is 13.2 Å². The number of ether oxygens (including phenoxy) is 2. The summed E-state index contributed by atoms with van der Waals surface area (Å²) in [5, 5.41) is 12.9. The summed E-state index contributed by atoms with van der Waals surface area (Å²) in [5.41, 5.74) is 2.79. The fourth-order valence-electron chi connectivity index (χ4n) is 4.41. The van der Waals surface area contributed by atoms with E-state index < -0.39 is 6.10 Å². The Hall–Kier alpha value is -3.85. The molecule has 4 bridgehead atoms. The van der Waals surface area contributed by atoms with E-state index in [1.54, 1.807) is 36.4 Å². The van der Waals surface area contributed by atoms with Crippen LogP contribution in [0, 0.1) is 0 Å². The second-order valence-corrected chi connectivity index (χ2v) is 8.49. The summed E-state index contributed by atoms with van der Waals surface area (Å²) in [6.07, 6.45) is 4.48. The largest absolute Gasteiger partial charge is 0.493 e. The van der Waals surface area contributed by atoms with Crippen molar-refractivity contribution in [3.63, 3.8) is 0 Å². The molecule has 1 fully saturated rings. The molecular formula is C25H26N4O5. The number of aromatic nitrogens is 2. The number of aliphatic hydroxyl groups excluding tert-OH is 1. The van der Waals surface area contributed by atoms with Crippen molar-refractivity contribution >= 4 is 11.8 Å². The number of aliphatic hydroxyl groups is 1. The third kappa shape index (κ3) is 4.34. The lowest BCUT2D eigenvalue weighted by Crippen LogP contribution is -2.42. The Morgan fingerprint density at radius 2 is 2.15 bits per heavy atom. The molecule has 2 N–H and O–H groups in total. The average molecular weight is 463 g/mol. The van der Waals surface area contributed by atoms with E-state index in [1.165, 1.54) is 0 Å². The van der Waals surface area contributed by atoms with E-state index in [2.05, 4.69) is 10.3 Å². The van der Waals surface area contributed by atoms with Gasteiger partial charge in [-0.25, -0.2) is 4.98 Å². The molecule has 3 heterocycles. The van der Waals surface area contributed by atoms with E-state index in [9.17, 15) is 14.7 Å². The highest BCUT2D eigenvalue weighted by Crippen LogP contribution is 2.33. The van der Waals surface area contributed by atoms with E-state index in [4.69, 9.17) is 9.47 Å². The van der Waals surface area contributed by atoms with Crippen LogP contribution in [0.1, 0.15) is 28.8 Å². The Labute approximate surface area is 196 Å². The number of benzene rings is 2. The molecule has 0 radical (unpaired) electrons. The van der Waals surface area contributed by atoms with Crippen LogP contribution in [0.2, 0.25) is 0 Å². The number of nitrogens with one attached hydrogen (secondary N) is 1. The fourth-order valence-corrected chi connectivity index (χ4v) is 4.41. The molecule has 0 spiro atoms. The molecule has 9 heteroatoms. The predicted molar refractivity (Wildman–Crippen MR) is 124 cm³/mol. The molecule has 2 amide bonds. The first-order valence-electron chi connectivity index (χ1n) is 11.2. The predicted octanol–water partition coefficient (Wildman–Crippen LogP) is 2.15. The van der Waals surface area contributed by atoms with Crippen LogP contribution >= 0.6 is 0 Å². The van der Waals surface area contributed by atoms with Crippen LogP contribution in [-0.4, -0.2) is 64.3 Å². The molecule has 3 aromatic rings.